The van der Waals surface area contributed by atoms with Gasteiger partial charge in [-0.3, -0.25) is 0 Å². The topological polar surface area (TPSA) is 13.1 Å². The van der Waals surface area contributed by atoms with Gasteiger partial charge in [0.2, 0.25) is 0 Å². The molecule has 1 nitrogen and oxygen atoms in total. The molecule has 0 bridgehead atoms. The average Bonchev–Trinajstić information content (AvgIpc) is 2.85. The third-order valence-electron chi connectivity index (χ3n) is 3.56. The summed E-state index contributed by atoms with van der Waals surface area (Å²) in [7, 11) is 0. The third-order valence-corrected chi connectivity index (χ3v) is 4.25. The van der Waals surface area contributed by atoms with Crippen molar-refractivity contribution in [2.75, 3.05) is 0 Å². The van der Waals surface area contributed by atoms with Crippen LogP contribution in [0.3, 0.4) is 0 Å². The van der Waals surface area contributed by atoms with E-state index in [0.29, 0.717) is 0 Å². The molecule has 0 fully saturated rings. The summed E-state index contributed by atoms with van der Waals surface area (Å²) in [6.45, 7) is 0. The normalized spacial score (nSPS) is 11.2. The van der Waals surface area contributed by atoms with Crippen LogP contribution in [0.2, 0.25) is 0 Å². The summed E-state index contributed by atoms with van der Waals surface area (Å²) in [6, 6.07) is 22.8. The van der Waals surface area contributed by atoms with Crippen molar-refractivity contribution < 1.29 is 4.42 Å². The molecule has 0 atom stereocenters. The second-order valence-electron chi connectivity index (χ2n) is 4.79. The van der Waals surface area contributed by atoms with Crippen molar-refractivity contribution in [2.45, 2.75) is 0 Å². The van der Waals surface area contributed by atoms with Crippen LogP contribution in [0.4, 0.5) is 0 Å². The summed E-state index contributed by atoms with van der Waals surface area (Å²) in [5.74, 6) is 0. The number of hydrogen-bond donors (Lipinski definition) is 0. The summed E-state index contributed by atoms with van der Waals surface area (Å²) in [4.78, 5) is 0. The van der Waals surface area contributed by atoms with Crippen LogP contribution in [0.5, 0.6) is 0 Å². The predicted molar refractivity (Wildman–Crippen MR) is 86.9 cm³/mol. The molecule has 0 unspecified atom stereocenters. The minimum Gasteiger partial charge on any atom is -0.456 e. The van der Waals surface area contributed by atoms with E-state index in [2.05, 4.69) is 52.3 Å². The number of para-hydroxylation sites is 1. The van der Waals surface area contributed by atoms with Gasteiger partial charge in [0.25, 0.3) is 0 Å². The van der Waals surface area contributed by atoms with E-state index in [4.69, 9.17) is 4.42 Å². The van der Waals surface area contributed by atoms with Crippen molar-refractivity contribution in [2.24, 2.45) is 0 Å². The Hall–Kier alpha value is -2.06. The summed E-state index contributed by atoms with van der Waals surface area (Å²) in [6.07, 6.45) is 0. The molecular weight excluding hydrogens is 312 g/mol. The maximum Gasteiger partial charge on any atom is 0.135 e. The second-order valence-corrected chi connectivity index (χ2v) is 5.64. The first-order valence-corrected chi connectivity index (χ1v) is 7.28. The highest BCUT2D eigenvalue weighted by molar-refractivity contribution is 9.10. The summed E-state index contributed by atoms with van der Waals surface area (Å²) < 4.78 is 6.97. The summed E-state index contributed by atoms with van der Waals surface area (Å²) >= 11 is 3.61. The van der Waals surface area contributed by atoms with Crippen molar-refractivity contribution in [3.05, 3.63) is 71.2 Å². The minimum absolute atomic E-state index is 0.932. The number of rotatable bonds is 1. The first kappa shape index (κ1) is 11.7. The van der Waals surface area contributed by atoms with E-state index >= 15 is 0 Å². The standard InChI is InChI=1S/C18H11BrO/c19-16-7-3-1-5-13(16)12-9-10-18-15(11-12)14-6-2-4-8-17(14)20-18/h1-11H. The molecule has 2 heteroatoms. The highest BCUT2D eigenvalue weighted by Crippen LogP contribution is 2.34. The molecule has 0 aliphatic rings. The summed E-state index contributed by atoms with van der Waals surface area (Å²) in [5, 5.41) is 2.32. The largest absolute Gasteiger partial charge is 0.456 e. The molecule has 0 saturated heterocycles. The van der Waals surface area contributed by atoms with Gasteiger partial charge in [-0.2, -0.15) is 0 Å². The van der Waals surface area contributed by atoms with Crippen LogP contribution >= 0.6 is 15.9 Å². The third kappa shape index (κ3) is 1.76. The Bertz CT molecular complexity index is 921. The molecule has 0 amide bonds. The lowest BCUT2D eigenvalue weighted by Crippen LogP contribution is -1.79. The molecule has 3 aromatic carbocycles. The van der Waals surface area contributed by atoms with Crippen LogP contribution < -0.4 is 0 Å². The number of fused-ring (bicyclic) bond motifs is 3. The van der Waals surface area contributed by atoms with Gasteiger partial charge in [-0.05, 0) is 35.4 Å². The molecule has 4 aromatic rings. The second kappa shape index (κ2) is 4.50. The van der Waals surface area contributed by atoms with Gasteiger partial charge in [-0.15, -0.1) is 0 Å². The number of hydrogen-bond acceptors (Lipinski definition) is 1. The van der Waals surface area contributed by atoms with Crippen LogP contribution in [-0.4, -0.2) is 0 Å². The molecule has 96 valence electrons. The fraction of sp³-hybridized carbons (Fsp3) is 0. The fourth-order valence-electron chi connectivity index (χ4n) is 2.59. The van der Waals surface area contributed by atoms with Crippen LogP contribution in [0, 0.1) is 0 Å². The molecule has 0 N–H and O–H groups in total. The Morgan fingerprint density at radius 2 is 1.45 bits per heavy atom. The lowest BCUT2D eigenvalue weighted by atomic mass is 10.0. The van der Waals surface area contributed by atoms with Crippen LogP contribution in [-0.2, 0) is 0 Å². The van der Waals surface area contributed by atoms with E-state index in [1.165, 1.54) is 11.1 Å². The first-order chi connectivity index (χ1) is 9.83. The van der Waals surface area contributed by atoms with E-state index in [9.17, 15) is 0 Å². The maximum absolute atomic E-state index is 5.86. The van der Waals surface area contributed by atoms with Gasteiger partial charge in [0.15, 0.2) is 0 Å². The van der Waals surface area contributed by atoms with Gasteiger partial charge in [-0.1, -0.05) is 58.4 Å². The van der Waals surface area contributed by atoms with E-state index < -0.39 is 0 Å². The smallest absolute Gasteiger partial charge is 0.135 e. The summed E-state index contributed by atoms with van der Waals surface area (Å²) in [5.41, 5.74) is 4.25. The van der Waals surface area contributed by atoms with Crippen molar-refractivity contribution in [3.63, 3.8) is 0 Å². The lowest BCUT2D eigenvalue weighted by Gasteiger charge is -2.04. The molecule has 0 spiro atoms. The predicted octanol–water partition coefficient (Wildman–Crippen LogP) is 6.02. The van der Waals surface area contributed by atoms with Crippen LogP contribution in [0.25, 0.3) is 33.1 Å². The molecule has 0 radical (unpaired) electrons. The van der Waals surface area contributed by atoms with Gasteiger partial charge in [0.05, 0.1) is 0 Å². The molecule has 1 heterocycles. The molecule has 0 saturated carbocycles. The molecule has 4 rings (SSSR count). The van der Waals surface area contributed by atoms with Gasteiger partial charge >= 0.3 is 0 Å². The van der Waals surface area contributed by atoms with Gasteiger partial charge < -0.3 is 4.42 Å². The molecule has 1 aromatic heterocycles. The zero-order valence-corrected chi connectivity index (χ0v) is 12.2. The number of benzene rings is 3. The zero-order chi connectivity index (χ0) is 13.5. The average molecular weight is 323 g/mol. The highest BCUT2D eigenvalue weighted by atomic mass is 79.9. The monoisotopic (exact) mass is 322 g/mol. The number of furan rings is 1. The Labute approximate surface area is 125 Å². The lowest BCUT2D eigenvalue weighted by molar-refractivity contribution is 0.669. The SMILES string of the molecule is Brc1ccccc1-c1ccc2oc3ccccc3c2c1. The van der Waals surface area contributed by atoms with Crippen molar-refractivity contribution >= 4 is 37.9 Å². The minimum atomic E-state index is 0.932. The quantitative estimate of drug-likeness (QED) is 0.418. The molecule has 0 aliphatic heterocycles. The number of halogens is 1. The van der Waals surface area contributed by atoms with Gasteiger partial charge in [0, 0.05) is 15.2 Å². The van der Waals surface area contributed by atoms with E-state index in [1.54, 1.807) is 0 Å². The molecule has 0 aliphatic carbocycles. The zero-order valence-electron chi connectivity index (χ0n) is 10.6. The Morgan fingerprint density at radius 3 is 2.35 bits per heavy atom. The molecular formula is C18H11BrO. The Morgan fingerprint density at radius 1 is 0.700 bits per heavy atom. The van der Waals surface area contributed by atoms with Crippen LogP contribution in [0.1, 0.15) is 0 Å². The van der Waals surface area contributed by atoms with E-state index in [1.807, 2.05) is 30.3 Å². The van der Waals surface area contributed by atoms with Crippen molar-refractivity contribution in [1.82, 2.24) is 0 Å². The van der Waals surface area contributed by atoms with Gasteiger partial charge in [0.1, 0.15) is 11.2 Å². The van der Waals surface area contributed by atoms with Crippen LogP contribution in [0.15, 0.2) is 75.6 Å². The highest BCUT2D eigenvalue weighted by Gasteiger charge is 2.09. The van der Waals surface area contributed by atoms with Crippen molar-refractivity contribution in [3.8, 4) is 11.1 Å². The Kier molecular flexibility index (Phi) is 2.64. The first-order valence-electron chi connectivity index (χ1n) is 6.49. The van der Waals surface area contributed by atoms with E-state index in [0.717, 1.165) is 26.4 Å². The molecule has 20 heavy (non-hydrogen) atoms. The fourth-order valence-corrected chi connectivity index (χ4v) is 3.10. The van der Waals surface area contributed by atoms with Gasteiger partial charge in [-0.25, -0.2) is 0 Å². The van der Waals surface area contributed by atoms with Crippen molar-refractivity contribution in [1.29, 1.82) is 0 Å². The Balaban J connectivity index is 2.03. The van der Waals surface area contributed by atoms with E-state index in [-0.39, 0.29) is 0 Å². The maximum atomic E-state index is 5.86.